The van der Waals surface area contributed by atoms with Gasteiger partial charge in [0.05, 0.1) is 6.61 Å². The molecule has 2 heterocycles. The Balaban J connectivity index is 2.12. The van der Waals surface area contributed by atoms with Gasteiger partial charge in [0.15, 0.2) is 5.82 Å². The van der Waals surface area contributed by atoms with Crippen LogP contribution in [-0.4, -0.2) is 29.8 Å². The van der Waals surface area contributed by atoms with Crippen LogP contribution in [0.5, 0.6) is 0 Å². The van der Waals surface area contributed by atoms with E-state index in [-0.39, 0.29) is 11.5 Å². The van der Waals surface area contributed by atoms with Crippen molar-refractivity contribution >= 4 is 0 Å². The van der Waals surface area contributed by atoms with Gasteiger partial charge in [-0.05, 0) is 0 Å². The van der Waals surface area contributed by atoms with Gasteiger partial charge in [0.2, 0.25) is 0 Å². The van der Waals surface area contributed by atoms with Gasteiger partial charge in [-0.2, -0.15) is 4.98 Å². The van der Waals surface area contributed by atoms with Gasteiger partial charge < -0.3 is 14.6 Å². The minimum absolute atomic E-state index is 0.0795. The second-order valence-corrected chi connectivity index (χ2v) is 4.77. The maximum absolute atomic E-state index is 5.53. The van der Waals surface area contributed by atoms with Gasteiger partial charge in [0.1, 0.15) is 6.10 Å². The van der Waals surface area contributed by atoms with Crippen LogP contribution in [0.4, 0.5) is 0 Å². The standard InChI is InChI=1S/C10H17N3O2/c1-10(2,3)9-12-8(15-13-9)7-6-11-4-5-14-7/h7,11H,4-6H2,1-3H3. The molecule has 1 unspecified atom stereocenters. The third kappa shape index (κ3) is 2.35. The van der Waals surface area contributed by atoms with Crippen LogP contribution in [0.2, 0.25) is 0 Å². The van der Waals surface area contributed by atoms with Crippen LogP contribution < -0.4 is 5.32 Å². The van der Waals surface area contributed by atoms with E-state index in [1.807, 2.05) is 0 Å². The fourth-order valence-corrected chi connectivity index (χ4v) is 1.39. The Labute approximate surface area is 89.2 Å². The molecule has 1 aromatic rings. The first-order valence-electron chi connectivity index (χ1n) is 5.24. The van der Waals surface area contributed by atoms with Crippen molar-refractivity contribution in [2.75, 3.05) is 19.7 Å². The average molecular weight is 211 g/mol. The van der Waals surface area contributed by atoms with E-state index in [1.54, 1.807) is 0 Å². The first-order chi connectivity index (χ1) is 7.07. The van der Waals surface area contributed by atoms with Gasteiger partial charge in [-0.25, -0.2) is 0 Å². The largest absolute Gasteiger partial charge is 0.366 e. The molecule has 5 heteroatoms. The number of nitrogens with one attached hydrogen (secondary N) is 1. The van der Waals surface area contributed by atoms with E-state index in [0.29, 0.717) is 12.5 Å². The lowest BCUT2D eigenvalue weighted by molar-refractivity contribution is 0.00755. The Hall–Kier alpha value is -0.940. The summed E-state index contributed by atoms with van der Waals surface area (Å²) in [7, 11) is 0. The number of hydrogen-bond acceptors (Lipinski definition) is 5. The molecule has 0 saturated carbocycles. The van der Waals surface area contributed by atoms with E-state index in [1.165, 1.54) is 0 Å². The van der Waals surface area contributed by atoms with E-state index in [9.17, 15) is 0 Å². The highest BCUT2D eigenvalue weighted by Gasteiger charge is 2.26. The van der Waals surface area contributed by atoms with Crippen LogP contribution in [0.25, 0.3) is 0 Å². The SMILES string of the molecule is CC(C)(C)c1noc(C2CNCCO2)n1. The first kappa shape index (κ1) is 10.6. The quantitative estimate of drug-likeness (QED) is 0.751. The highest BCUT2D eigenvalue weighted by Crippen LogP contribution is 2.22. The number of hydrogen-bond donors (Lipinski definition) is 1. The average Bonchev–Trinajstić information content (AvgIpc) is 2.67. The molecule has 5 nitrogen and oxygen atoms in total. The molecule has 1 aliphatic rings. The van der Waals surface area contributed by atoms with Crippen molar-refractivity contribution in [3.8, 4) is 0 Å². The van der Waals surface area contributed by atoms with Gasteiger partial charge in [-0.1, -0.05) is 25.9 Å². The zero-order chi connectivity index (χ0) is 10.9. The highest BCUT2D eigenvalue weighted by atomic mass is 16.5. The van der Waals surface area contributed by atoms with Crippen molar-refractivity contribution in [2.45, 2.75) is 32.3 Å². The zero-order valence-corrected chi connectivity index (χ0v) is 9.41. The summed E-state index contributed by atoms with van der Waals surface area (Å²) in [6.45, 7) is 8.49. The fraction of sp³-hybridized carbons (Fsp3) is 0.800. The molecule has 0 aromatic carbocycles. The summed E-state index contributed by atoms with van der Waals surface area (Å²) in [5.41, 5.74) is -0.0795. The Morgan fingerprint density at radius 2 is 2.20 bits per heavy atom. The first-order valence-corrected chi connectivity index (χ1v) is 5.24. The van der Waals surface area contributed by atoms with Crippen molar-refractivity contribution in [3.05, 3.63) is 11.7 Å². The molecule has 1 N–H and O–H groups in total. The Kier molecular flexibility index (Phi) is 2.75. The second kappa shape index (κ2) is 3.90. The van der Waals surface area contributed by atoms with Crippen molar-refractivity contribution in [1.82, 2.24) is 15.5 Å². The molecule has 0 radical (unpaired) electrons. The highest BCUT2D eigenvalue weighted by molar-refractivity contribution is 5.01. The van der Waals surface area contributed by atoms with Crippen LogP contribution in [0, 0.1) is 0 Å². The topological polar surface area (TPSA) is 60.2 Å². The second-order valence-electron chi connectivity index (χ2n) is 4.77. The third-order valence-corrected chi connectivity index (χ3v) is 2.32. The monoisotopic (exact) mass is 211 g/mol. The maximum Gasteiger partial charge on any atom is 0.257 e. The molecule has 0 aliphatic carbocycles. The number of ether oxygens (including phenoxy) is 1. The Bertz CT molecular complexity index is 324. The van der Waals surface area contributed by atoms with Crippen molar-refractivity contribution in [2.24, 2.45) is 0 Å². The summed E-state index contributed by atoms with van der Waals surface area (Å²) in [5.74, 6) is 1.30. The van der Waals surface area contributed by atoms with E-state index < -0.39 is 0 Å². The molecule has 84 valence electrons. The lowest BCUT2D eigenvalue weighted by Crippen LogP contribution is -2.33. The predicted octanol–water partition coefficient (Wildman–Crippen LogP) is 1.03. The van der Waals surface area contributed by atoms with Crippen LogP contribution in [0.15, 0.2) is 4.52 Å². The number of nitrogens with zero attached hydrogens (tertiary/aromatic N) is 2. The van der Waals surface area contributed by atoms with Crippen LogP contribution in [0.1, 0.15) is 38.6 Å². The molecule has 0 spiro atoms. The molecule has 0 bridgehead atoms. The molecule has 2 rings (SSSR count). The van der Waals surface area contributed by atoms with E-state index in [2.05, 4.69) is 36.2 Å². The molecule has 1 fully saturated rings. The Morgan fingerprint density at radius 3 is 2.73 bits per heavy atom. The third-order valence-electron chi connectivity index (χ3n) is 2.32. The molecule has 1 saturated heterocycles. The number of rotatable bonds is 1. The van der Waals surface area contributed by atoms with Gasteiger partial charge >= 0.3 is 0 Å². The lowest BCUT2D eigenvalue weighted by Gasteiger charge is -2.20. The Morgan fingerprint density at radius 1 is 1.40 bits per heavy atom. The van der Waals surface area contributed by atoms with E-state index >= 15 is 0 Å². The van der Waals surface area contributed by atoms with Crippen molar-refractivity contribution in [1.29, 1.82) is 0 Å². The summed E-state index contributed by atoms with van der Waals surface area (Å²) in [6.07, 6.45) is -0.0950. The van der Waals surface area contributed by atoms with E-state index in [0.717, 1.165) is 18.9 Å². The van der Waals surface area contributed by atoms with E-state index in [4.69, 9.17) is 9.26 Å². The maximum atomic E-state index is 5.53. The number of aromatic nitrogens is 2. The van der Waals surface area contributed by atoms with Crippen LogP contribution >= 0.6 is 0 Å². The summed E-state index contributed by atoms with van der Waals surface area (Å²) in [6, 6.07) is 0. The fourth-order valence-electron chi connectivity index (χ4n) is 1.39. The summed E-state index contributed by atoms with van der Waals surface area (Å²) in [4.78, 5) is 4.36. The van der Waals surface area contributed by atoms with Gasteiger partial charge in [-0.15, -0.1) is 0 Å². The molecule has 1 atom stereocenters. The molecular weight excluding hydrogens is 194 g/mol. The van der Waals surface area contributed by atoms with Crippen LogP contribution in [0.3, 0.4) is 0 Å². The summed E-state index contributed by atoms with van der Waals surface area (Å²) < 4.78 is 10.7. The minimum Gasteiger partial charge on any atom is -0.366 e. The smallest absolute Gasteiger partial charge is 0.257 e. The molecule has 1 aromatic heterocycles. The van der Waals surface area contributed by atoms with Crippen molar-refractivity contribution < 1.29 is 9.26 Å². The normalized spacial score (nSPS) is 23.0. The molecular formula is C10H17N3O2. The molecule has 15 heavy (non-hydrogen) atoms. The van der Waals surface area contributed by atoms with Gasteiger partial charge in [0.25, 0.3) is 5.89 Å². The predicted molar refractivity (Wildman–Crippen MR) is 54.6 cm³/mol. The minimum atomic E-state index is -0.0950. The van der Waals surface area contributed by atoms with Crippen LogP contribution in [-0.2, 0) is 10.2 Å². The lowest BCUT2D eigenvalue weighted by atomic mass is 9.96. The number of morpholine rings is 1. The summed E-state index contributed by atoms with van der Waals surface area (Å²) in [5, 5.41) is 7.20. The van der Waals surface area contributed by atoms with Gasteiger partial charge in [0, 0.05) is 18.5 Å². The molecule has 0 amide bonds. The van der Waals surface area contributed by atoms with Gasteiger partial charge in [-0.3, -0.25) is 0 Å². The molecule has 1 aliphatic heterocycles. The zero-order valence-electron chi connectivity index (χ0n) is 9.41. The van der Waals surface area contributed by atoms with Crippen molar-refractivity contribution in [3.63, 3.8) is 0 Å². The summed E-state index contributed by atoms with van der Waals surface area (Å²) >= 11 is 0.